The van der Waals surface area contributed by atoms with E-state index in [-0.39, 0.29) is 11.5 Å². The maximum atomic E-state index is 11.5. The Labute approximate surface area is 121 Å². The molecule has 0 aliphatic rings. The van der Waals surface area contributed by atoms with Gasteiger partial charge in [-0.05, 0) is 35.9 Å². The van der Waals surface area contributed by atoms with Crippen molar-refractivity contribution in [1.82, 2.24) is 5.32 Å². The molecule has 0 saturated carbocycles. The number of nitrogens with one attached hydrogen (secondary N) is 1. The molecular weight excluding hydrogens is 270 g/mol. The van der Waals surface area contributed by atoms with Gasteiger partial charge in [-0.3, -0.25) is 10.1 Å². The summed E-state index contributed by atoms with van der Waals surface area (Å²) in [5, 5.41) is 11.2. The van der Waals surface area contributed by atoms with E-state index in [0.29, 0.717) is 0 Å². The summed E-state index contributed by atoms with van der Waals surface area (Å²) in [6.45, 7) is 0. The Hall–Kier alpha value is -3.08. The summed E-state index contributed by atoms with van der Waals surface area (Å²) >= 11 is 0. The van der Waals surface area contributed by atoms with Crippen LogP contribution in [0.2, 0.25) is 0 Å². The maximum absolute atomic E-state index is 11.5. The third-order valence-corrected chi connectivity index (χ3v) is 2.50. The highest BCUT2D eigenvalue weighted by Crippen LogP contribution is 2.15. The lowest BCUT2D eigenvalue weighted by Gasteiger charge is -2.03. The van der Waals surface area contributed by atoms with E-state index in [0.717, 1.165) is 5.56 Å². The van der Waals surface area contributed by atoms with Gasteiger partial charge >= 0.3 is 6.09 Å². The monoisotopic (exact) mass is 283 g/mol. The van der Waals surface area contributed by atoms with Crippen molar-refractivity contribution in [2.45, 2.75) is 0 Å². The molecule has 0 heterocycles. The lowest BCUT2D eigenvalue weighted by molar-refractivity contribution is -0.115. The van der Waals surface area contributed by atoms with Crippen LogP contribution in [0, 0.1) is 0 Å². The molecule has 0 atom stereocenters. The second-order valence-electron chi connectivity index (χ2n) is 4.12. The number of hydrogen-bond acceptors (Lipinski definition) is 4. The Morgan fingerprint density at radius 2 is 1.67 bits per heavy atom. The number of imide groups is 1. The molecule has 2 N–H and O–H groups in total. The van der Waals surface area contributed by atoms with Crippen molar-refractivity contribution in [2.75, 3.05) is 0 Å². The Morgan fingerprint density at radius 1 is 1.00 bits per heavy atom. The number of aromatic hydroxyl groups is 1. The third-order valence-electron chi connectivity index (χ3n) is 2.50. The quantitative estimate of drug-likeness (QED) is 0.849. The molecule has 2 rings (SSSR count). The minimum Gasteiger partial charge on any atom is -0.508 e. The lowest BCUT2D eigenvalue weighted by atomic mass is 10.2. The van der Waals surface area contributed by atoms with Crippen LogP contribution in [0.5, 0.6) is 11.5 Å². The normalized spacial score (nSPS) is 10.3. The van der Waals surface area contributed by atoms with Crippen molar-refractivity contribution in [3.05, 3.63) is 66.2 Å². The largest absolute Gasteiger partial charge is 0.508 e. The van der Waals surface area contributed by atoms with Gasteiger partial charge in [-0.2, -0.15) is 0 Å². The van der Waals surface area contributed by atoms with Gasteiger partial charge in [-0.1, -0.05) is 30.3 Å². The van der Waals surface area contributed by atoms with E-state index in [9.17, 15) is 9.59 Å². The van der Waals surface area contributed by atoms with Gasteiger partial charge < -0.3 is 9.84 Å². The second-order valence-corrected chi connectivity index (χ2v) is 4.12. The highest BCUT2D eigenvalue weighted by Gasteiger charge is 2.07. The van der Waals surface area contributed by atoms with E-state index < -0.39 is 12.0 Å². The van der Waals surface area contributed by atoms with Crippen LogP contribution in [0.3, 0.4) is 0 Å². The zero-order valence-corrected chi connectivity index (χ0v) is 11.0. The molecule has 0 aliphatic carbocycles. The predicted molar refractivity (Wildman–Crippen MR) is 77.7 cm³/mol. The Balaban J connectivity index is 1.86. The number of phenols is 1. The highest BCUT2D eigenvalue weighted by molar-refractivity contribution is 6.01. The van der Waals surface area contributed by atoms with E-state index in [1.54, 1.807) is 6.08 Å². The van der Waals surface area contributed by atoms with Gasteiger partial charge in [-0.25, -0.2) is 4.79 Å². The van der Waals surface area contributed by atoms with Gasteiger partial charge in [0.15, 0.2) is 0 Å². The maximum Gasteiger partial charge on any atom is 0.419 e. The Bertz CT molecular complexity index is 648. The predicted octanol–water partition coefficient (Wildman–Crippen LogP) is 2.72. The summed E-state index contributed by atoms with van der Waals surface area (Å²) < 4.78 is 4.88. The summed E-state index contributed by atoms with van der Waals surface area (Å²) in [4.78, 5) is 23.0. The van der Waals surface area contributed by atoms with E-state index >= 15 is 0 Å². The molecule has 0 bridgehead atoms. The molecule has 0 spiro atoms. The lowest BCUT2D eigenvalue weighted by Crippen LogP contribution is -2.31. The van der Waals surface area contributed by atoms with Crippen LogP contribution in [0.4, 0.5) is 4.79 Å². The van der Waals surface area contributed by atoms with Crippen LogP contribution in [0.1, 0.15) is 5.56 Å². The summed E-state index contributed by atoms with van der Waals surface area (Å²) in [5.41, 5.74) is 0.847. The average Bonchev–Trinajstić information content (AvgIpc) is 2.48. The number of carbonyl (C=O) groups is 2. The van der Waals surface area contributed by atoms with Crippen LogP contribution in [0.25, 0.3) is 6.08 Å². The van der Waals surface area contributed by atoms with E-state index in [1.165, 1.54) is 30.3 Å². The van der Waals surface area contributed by atoms with Gasteiger partial charge in [0, 0.05) is 6.08 Å². The third kappa shape index (κ3) is 4.83. The molecule has 2 amide bonds. The number of hydrogen-bond donors (Lipinski definition) is 2. The molecule has 0 saturated heterocycles. The summed E-state index contributed by atoms with van der Waals surface area (Å²) in [6, 6.07) is 14.8. The first kappa shape index (κ1) is 14.3. The standard InChI is InChI=1S/C16H13NO4/c18-13-7-9-14(10-8-13)21-16(20)17-15(19)11-6-12-4-2-1-3-5-12/h1-11,18H,(H,17,19,20)/b11-6+. The van der Waals surface area contributed by atoms with Crippen LogP contribution < -0.4 is 10.1 Å². The van der Waals surface area contributed by atoms with Gasteiger partial charge in [-0.15, -0.1) is 0 Å². The van der Waals surface area contributed by atoms with Crippen LogP contribution >= 0.6 is 0 Å². The van der Waals surface area contributed by atoms with Gasteiger partial charge in [0.25, 0.3) is 5.91 Å². The summed E-state index contributed by atoms with van der Waals surface area (Å²) in [7, 11) is 0. The van der Waals surface area contributed by atoms with E-state index in [2.05, 4.69) is 5.32 Å². The number of phenolic OH excluding ortho intramolecular Hbond substituents is 1. The molecule has 0 radical (unpaired) electrons. The molecule has 5 heteroatoms. The molecular formula is C16H13NO4. The molecule has 2 aromatic rings. The zero-order chi connectivity index (χ0) is 15.1. The van der Waals surface area contributed by atoms with E-state index in [1.807, 2.05) is 30.3 Å². The van der Waals surface area contributed by atoms with Crippen molar-refractivity contribution < 1.29 is 19.4 Å². The van der Waals surface area contributed by atoms with E-state index in [4.69, 9.17) is 9.84 Å². The Kier molecular flexibility index (Phi) is 4.71. The van der Waals surface area contributed by atoms with Gasteiger partial charge in [0.2, 0.25) is 0 Å². The summed E-state index contributed by atoms with van der Waals surface area (Å²) in [5.74, 6) is -0.294. The van der Waals surface area contributed by atoms with Crippen molar-refractivity contribution in [1.29, 1.82) is 0 Å². The van der Waals surface area contributed by atoms with Gasteiger partial charge in [0.05, 0.1) is 0 Å². The minimum atomic E-state index is -0.886. The minimum absolute atomic E-state index is 0.0598. The molecule has 0 aliphatic heterocycles. The fraction of sp³-hybridized carbons (Fsp3) is 0. The van der Waals surface area contributed by atoms with Crippen LogP contribution in [-0.4, -0.2) is 17.1 Å². The fourth-order valence-corrected chi connectivity index (χ4v) is 1.53. The topological polar surface area (TPSA) is 75.6 Å². The molecule has 2 aromatic carbocycles. The first-order chi connectivity index (χ1) is 10.1. The zero-order valence-electron chi connectivity index (χ0n) is 11.0. The molecule has 0 aromatic heterocycles. The first-order valence-electron chi connectivity index (χ1n) is 6.18. The summed E-state index contributed by atoms with van der Waals surface area (Å²) in [6.07, 6.45) is 1.94. The molecule has 0 fully saturated rings. The molecule has 0 unspecified atom stereocenters. The van der Waals surface area contributed by atoms with Crippen LogP contribution in [-0.2, 0) is 4.79 Å². The second kappa shape index (κ2) is 6.91. The number of ether oxygens (including phenoxy) is 1. The Morgan fingerprint density at radius 3 is 2.33 bits per heavy atom. The SMILES string of the molecule is O=C(/C=C/c1ccccc1)NC(=O)Oc1ccc(O)cc1. The first-order valence-corrected chi connectivity index (χ1v) is 6.18. The highest BCUT2D eigenvalue weighted by atomic mass is 16.6. The number of carbonyl (C=O) groups excluding carboxylic acids is 2. The van der Waals surface area contributed by atoms with Crippen molar-refractivity contribution >= 4 is 18.1 Å². The van der Waals surface area contributed by atoms with Crippen molar-refractivity contribution in [3.63, 3.8) is 0 Å². The number of rotatable bonds is 3. The van der Waals surface area contributed by atoms with Crippen molar-refractivity contribution in [3.8, 4) is 11.5 Å². The van der Waals surface area contributed by atoms with Crippen LogP contribution in [0.15, 0.2) is 60.7 Å². The molecule has 21 heavy (non-hydrogen) atoms. The molecule has 106 valence electrons. The average molecular weight is 283 g/mol. The number of amides is 2. The molecule has 5 nitrogen and oxygen atoms in total. The smallest absolute Gasteiger partial charge is 0.419 e. The van der Waals surface area contributed by atoms with Crippen molar-refractivity contribution in [2.24, 2.45) is 0 Å². The number of benzene rings is 2. The fourth-order valence-electron chi connectivity index (χ4n) is 1.53. The van der Waals surface area contributed by atoms with Gasteiger partial charge in [0.1, 0.15) is 11.5 Å².